The van der Waals surface area contributed by atoms with Crippen LogP contribution in [0.3, 0.4) is 0 Å². The summed E-state index contributed by atoms with van der Waals surface area (Å²) < 4.78 is 0. The molecule has 2 rings (SSSR count). The molecule has 1 aromatic heterocycles. The van der Waals surface area contributed by atoms with Crippen LogP contribution in [-0.2, 0) is 6.42 Å². The molecule has 0 spiro atoms. The number of nitrogen functional groups attached to an aromatic ring is 1. The van der Waals surface area contributed by atoms with Crippen molar-refractivity contribution in [2.24, 2.45) is 0 Å². The molecule has 0 saturated carbocycles. The summed E-state index contributed by atoms with van der Waals surface area (Å²) in [6, 6.07) is 11.9. The first-order valence-electron chi connectivity index (χ1n) is 6.68. The van der Waals surface area contributed by atoms with Gasteiger partial charge in [0.15, 0.2) is 5.82 Å². The SMILES string of the molecule is CCCc1c(C)c(N)nc(Nc2ccccc2)c1C#N. The summed E-state index contributed by atoms with van der Waals surface area (Å²) in [7, 11) is 0. The molecule has 0 amide bonds. The Hall–Kier alpha value is -2.54. The third-order valence-electron chi connectivity index (χ3n) is 3.26. The van der Waals surface area contributed by atoms with E-state index in [9.17, 15) is 5.26 Å². The van der Waals surface area contributed by atoms with Gasteiger partial charge in [0.2, 0.25) is 0 Å². The molecule has 0 aliphatic heterocycles. The zero-order valence-corrected chi connectivity index (χ0v) is 11.8. The molecule has 4 nitrogen and oxygen atoms in total. The number of nitrogens with one attached hydrogen (secondary N) is 1. The van der Waals surface area contributed by atoms with Crippen LogP contribution in [0.4, 0.5) is 17.3 Å². The van der Waals surface area contributed by atoms with Gasteiger partial charge in [-0.1, -0.05) is 31.5 Å². The molecule has 3 N–H and O–H groups in total. The Kier molecular flexibility index (Phi) is 4.21. The van der Waals surface area contributed by atoms with Gasteiger partial charge in [-0.25, -0.2) is 4.98 Å². The van der Waals surface area contributed by atoms with Gasteiger partial charge in [-0.05, 0) is 36.6 Å². The molecule has 1 heterocycles. The van der Waals surface area contributed by atoms with Crippen molar-refractivity contribution in [2.45, 2.75) is 26.7 Å². The van der Waals surface area contributed by atoms with Gasteiger partial charge in [-0.3, -0.25) is 0 Å². The van der Waals surface area contributed by atoms with Crippen molar-refractivity contribution >= 4 is 17.3 Å². The topological polar surface area (TPSA) is 74.7 Å². The highest BCUT2D eigenvalue weighted by atomic mass is 15.0. The molecular weight excluding hydrogens is 248 g/mol. The Labute approximate surface area is 119 Å². The number of nitrogens with two attached hydrogens (primary N) is 1. The van der Waals surface area contributed by atoms with Gasteiger partial charge in [-0.15, -0.1) is 0 Å². The van der Waals surface area contributed by atoms with E-state index in [-0.39, 0.29) is 0 Å². The molecule has 2 aromatic rings. The summed E-state index contributed by atoms with van der Waals surface area (Å²) >= 11 is 0. The largest absolute Gasteiger partial charge is 0.383 e. The molecule has 0 unspecified atom stereocenters. The molecule has 0 aliphatic carbocycles. The number of nitrogens with zero attached hydrogens (tertiary/aromatic N) is 2. The molecule has 4 heteroatoms. The van der Waals surface area contributed by atoms with Crippen LogP contribution in [0.1, 0.15) is 30.0 Å². The fourth-order valence-electron chi connectivity index (χ4n) is 2.18. The van der Waals surface area contributed by atoms with Crippen molar-refractivity contribution in [3.63, 3.8) is 0 Å². The van der Waals surface area contributed by atoms with Crippen molar-refractivity contribution in [3.8, 4) is 6.07 Å². The van der Waals surface area contributed by atoms with E-state index in [1.807, 2.05) is 37.3 Å². The van der Waals surface area contributed by atoms with Crippen LogP contribution in [0.15, 0.2) is 30.3 Å². The predicted molar refractivity (Wildman–Crippen MR) is 81.8 cm³/mol. The maximum atomic E-state index is 9.45. The predicted octanol–water partition coefficient (Wildman–Crippen LogP) is 3.54. The molecule has 102 valence electrons. The summed E-state index contributed by atoms with van der Waals surface area (Å²) in [5.41, 5.74) is 9.34. The summed E-state index contributed by atoms with van der Waals surface area (Å²) in [4.78, 5) is 4.33. The monoisotopic (exact) mass is 266 g/mol. The number of pyridine rings is 1. The van der Waals surface area contributed by atoms with Gasteiger partial charge < -0.3 is 11.1 Å². The lowest BCUT2D eigenvalue weighted by Gasteiger charge is -2.14. The molecular formula is C16H18N4. The van der Waals surface area contributed by atoms with E-state index in [2.05, 4.69) is 23.3 Å². The maximum Gasteiger partial charge on any atom is 0.151 e. The number of hydrogen-bond acceptors (Lipinski definition) is 4. The van der Waals surface area contributed by atoms with Crippen molar-refractivity contribution in [1.82, 2.24) is 4.98 Å². The fraction of sp³-hybridized carbons (Fsp3) is 0.250. The summed E-state index contributed by atoms with van der Waals surface area (Å²) in [5.74, 6) is 1.01. The van der Waals surface area contributed by atoms with Crippen LogP contribution in [0, 0.1) is 18.3 Å². The average Bonchev–Trinajstić information content (AvgIpc) is 2.46. The molecule has 0 aliphatic rings. The summed E-state index contributed by atoms with van der Waals surface area (Å²) in [6.07, 6.45) is 1.79. The van der Waals surface area contributed by atoms with E-state index >= 15 is 0 Å². The molecule has 0 saturated heterocycles. The molecule has 0 radical (unpaired) electrons. The lowest BCUT2D eigenvalue weighted by Crippen LogP contribution is -2.07. The lowest BCUT2D eigenvalue weighted by molar-refractivity contribution is 0.906. The Bertz CT molecular complexity index is 642. The molecule has 0 fully saturated rings. The first-order chi connectivity index (χ1) is 9.67. The zero-order chi connectivity index (χ0) is 14.5. The van der Waals surface area contributed by atoms with Crippen LogP contribution >= 0.6 is 0 Å². The van der Waals surface area contributed by atoms with Crippen molar-refractivity contribution in [3.05, 3.63) is 47.0 Å². The summed E-state index contributed by atoms with van der Waals surface area (Å²) in [6.45, 7) is 4.00. The van der Waals surface area contributed by atoms with E-state index < -0.39 is 0 Å². The van der Waals surface area contributed by atoms with Crippen LogP contribution in [0.5, 0.6) is 0 Å². The van der Waals surface area contributed by atoms with Gasteiger partial charge in [0, 0.05) is 5.69 Å². The number of nitriles is 1. The van der Waals surface area contributed by atoms with Gasteiger partial charge in [0.25, 0.3) is 0 Å². The first kappa shape index (κ1) is 13.9. The van der Waals surface area contributed by atoms with E-state index in [1.165, 1.54) is 0 Å². The number of hydrogen-bond donors (Lipinski definition) is 2. The third-order valence-corrected chi connectivity index (χ3v) is 3.26. The normalized spacial score (nSPS) is 10.1. The van der Waals surface area contributed by atoms with Crippen molar-refractivity contribution in [1.29, 1.82) is 5.26 Å². The highest BCUT2D eigenvalue weighted by Crippen LogP contribution is 2.28. The van der Waals surface area contributed by atoms with E-state index in [1.54, 1.807) is 0 Å². The van der Waals surface area contributed by atoms with Gasteiger partial charge in [0.1, 0.15) is 11.9 Å². The number of para-hydroxylation sites is 1. The van der Waals surface area contributed by atoms with Gasteiger partial charge >= 0.3 is 0 Å². The minimum Gasteiger partial charge on any atom is -0.383 e. The quantitative estimate of drug-likeness (QED) is 0.887. The van der Waals surface area contributed by atoms with Crippen LogP contribution in [0.2, 0.25) is 0 Å². The second-order valence-electron chi connectivity index (χ2n) is 4.68. The Morgan fingerprint density at radius 2 is 2.00 bits per heavy atom. The van der Waals surface area contributed by atoms with Gasteiger partial charge in [0.05, 0.1) is 5.56 Å². The first-order valence-corrected chi connectivity index (χ1v) is 6.68. The average molecular weight is 266 g/mol. The standard InChI is InChI=1S/C16H18N4/c1-3-7-13-11(2)15(18)20-16(14(13)10-17)19-12-8-5-4-6-9-12/h4-6,8-9H,3,7H2,1-2H3,(H3,18,19,20). The van der Waals surface area contributed by atoms with Crippen LogP contribution in [0.25, 0.3) is 0 Å². The highest BCUT2D eigenvalue weighted by Gasteiger charge is 2.15. The zero-order valence-electron chi connectivity index (χ0n) is 11.8. The number of aromatic nitrogens is 1. The number of anilines is 3. The summed E-state index contributed by atoms with van der Waals surface area (Å²) in [5, 5.41) is 12.6. The second-order valence-corrected chi connectivity index (χ2v) is 4.68. The minimum atomic E-state index is 0.478. The molecule has 1 aromatic carbocycles. The van der Waals surface area contributed by atoms with E-state index in [0.29, 0.717) is 17.2 Å². The maximum absolute atomic E-state index is 9.45. The molecule has 0 atom stereocenters. The Balaban J connectivity index is 2.50. The second kappa shape index (κ2) is 6.07. The Morgan fingerprint density at radius 3 is 2.60 bits per heavy atom. The third kappa shape index (κ3) is 2.72. The van der Waals surface area contributed by atoms with Crippen LogP contribution in [-0.4, -0.2) is 4.98 Å². The molecule has 20 heavy (non-hydrogen) atoms. The highest BCUT2D eigenvalue weighted by molar-refractivity contribution is 5.69. The number of benzene rings is 1. The van der Waals surface area contributed by atoms with Crippen LogP contribution < -0.4 is 11.1 Å². The van der Waals surface area contributed by atoms with Gasteiger partial charge in [-0.2, -0.15) is 5.26 Å². The van der Waals surface area contributed by atoms with Crippen molar-refractivity contribution in [2.75, 3.05) is 11.1 Å². The number of rotatable bonds is 4. The Morgan fingerprint density at radius 1 is 1.30 bits per heavy atom. The van der Waals surface area contributed by atoms with Crippen molar-refractivity contribution < 1.29 is 0 Å². The van der Waals surface area contributed by atoms with E-state index in [4.69, 9.17) is 5.73 Å². The minimum absolute atomic E-state index is 0.478. The molecule has 0 bridgehead atoms. The lowest BCUT2D eigenvalue weighted by atomic mass is 9.99. The smallest absolute Gasteiger partial charge is 0.151 e. The fourth-order valence-corrected chi connectivity index (χ4v) is 2.18. The van der Waals surface area contributed by atoms with E-state index in [0.717, 1.165) is 29.7 Å².